The summed E-state index contributed by atoms with van der Waals surface area (Å²) < 4.78 is 36.5. The van der Waals surface area contributed by atoms with Gasteiger partial charge in [-0.05, 0) is 38.0 Å². The second-order valence-corrected chi connectivity index (χ2v) is 7.95. The molecule has 4 aliphatic carbocycles. The van der Waals surface area contributed by atoms with Crippen molar-refractivity contribution in [2.75, 3.05) is 12.4 Å². The molecule has 0 radical (unpaired) electrons. The molecule has 0 saturated heterocycles. The second kappa shape index (κ2) is 4.53. The molecule has 0 heterocycles. The third-order valence-electron chi connectivity index (χ3n) is 4.99. The summed E-state index contributed by atoms with van der Waals surface area (Å²) >= 11 is 0. The van der Waals surface area contributed by atoms with Crippen LogP contribution in [0.1, 0.15) is 32.1 Å². The molecule has 4 fully saturated rings. The molecule has 4 rings (SSSR count). The van der Waals surface area contributed by atoms with Crippen LogP contribution in [0.25, 0.3) is 0 Å². The third kappa shape index (κ3) is 2.37. The minimum atomic E-state index is -4.37. The van der Waals surface area contributed by atoms with Crippen molar-refractivity contribution in [3.05, 3.63) is 0 Å². The Balaban J connectivity index is 1.67. The first-order valence-electron chi connectivity index (χ1n) is 6.94. The Labute approximate surface area is 117 Å². The van der Waals surface area contributed by atoms with Crippen LogP contribution in [0, 0.1) is 23.2 Å². The van der Waals surface area contributed by atoms with Gasteiger partial charge in [-0.15, -0.1) is 0 Å². The minimum absolute atomic E-state index is 0.0305. The van der Waals surface area contributed by atoms with E-state index in [1.807, 2.05) is 0 Å². The van der Waals surface area contributed by atoms with Gasteiger partial charge in [0, 0.05) is 11.8 Å². The number of Topliss-reactive ketones (excluding diaryl/α,β-unsaturated/α-hetero) is 1. The molecule has 0 aromatic rings. The lowest BCUT2D eigenvalue weighted by atomic mass is 9.49. The number of carbonyl (C=O) groups is 2. The molecular formula is C13H17O6S-. The lowest BCUT2D eigenvalue weighted by Gasteiger charge is -2.53. The molecule has 4 aliphatic rings. The van der Waals surface area contributed by atoms with Crippen LogP contribution >= 0.6 is 0 Å². The second-order valence-electron chi connectivity index (χ2n) is 6.42. The van der Waals surface area contributed by atoms with Crippen molar-refractivity contribution in [1.29, 1.82) is 0 Å². The van der Waals surface area contributed by atoms with Gasteiger partial charge >= 0.3 is 5.97 Å². The average Bonchev–Trinajstić information content (AvgIpc) is 2.33. The number of ketones is 1. The van der Waals surface area contributed by atoms with Gasteiger partial charge in [0.25, 0.3) is 0 Å². The van der Waals surface area contributed by atoms with E-state index in [-0.39, 0.29) is 24.2 Å². The smallest absolute Gasteiger partial charge is 0.312 e. The monoisotopic (exact) mass is 301 g/mol. The van der Waals surface area contributed by atoms with Gasteiger partial charge in [-0.3, -0.25) is 9.59 Å². The first kappa shape index (κ1) is 14.0. The SMILES string of the molecule is O=C1C2CC3CC1CC(C(=O)OCCS(=O)(=O)[O-])(C3)C2. The molecule has 0 aromatic carbocycles. The fraction of sp³-hybridized carbons (Fsp3) is 0.846. The van der Waals surface area contributed by atoms with Crippen molar-refractivity contribution in [2.45, 2.75) is 32.1 Å². The Morgan fingerprint density at radius 3 is 2.40 bits per heavy atom. The number of carbonyl (C=O) groups excluding carboxylic acids is 2. The van der Waals surface area contributed by atoms with Crippen LogP contribution in [0.5, 0.6) is 0 Å². The summed E-state index contributed by atoms with van der Waals surface area (Å²) in [4.78, 5) is 24.3. The molecule has 0 aliphatic heterocycles. The summed E-state index contributed by atoms with van der Waals surface area (Å²) in [6, 6.07) is 0. The van der Waals surface area contributed by atoms with Gasteiger partial charge in [-0.2, -0.15) is 0 Å². The maximum atomic E-state index is 12.3. The predicted molar refractivity (Wildman–Crippen MR) is 66.5 cm³/mol. The van der Waals surface area contributed by atoms with Crippen molar-refractivity contribution in [3.8, 4) is 0 Å². The molecule has 7 heteroatoms. The van der Waals surface area contributed by atoms with Gasteiger partial charge < -0.3 is 9.29 Å². The molecule has 0 aromatic heterocycles. The zero-order chi connectivity index (χ0) is 14.5. The Kier molecular flexibility index (Phi) is 3.17. The topological polar surface area (TPSA) is 101 Å². The van der Waals surface area contributed by atoms with Crippen molar-refractivity contribution in [2.24, 2.45) is 23.2 Å². The summed E-state index contributed by atoms with van der Waals surface area (Å²) in [5.41, 5.74) is -0.614. The van der Waals surface area contributed by atoms with Crippen LogP contribution in [0.15, 0.2) is 0 Å². The fourth-order valence-electron chi connectivity index (χ4n) is 4.39. The molecule has 112 valence electrons. The van der Waals surface area contributed by atoms with Crippen LogP contribution in [0.2, 0.25) is 0 Å². The molecule has 4 saturated carbocycles. The summed E-state index contributed by atoms with van der Waals surface area (Å²) in [6.45, 7) is -0.389. The molecular weight excluding hydrogens is 284 g/mol. The predicted octanol–water partition coefficient (Wildman–Crippen LogP) is 0.470. The van der Waals surface area contributed by atoms with Crippen molar-refractivity contribution in [1.82, 2.24) is 0 Å². The van der Waals surface area contributed by atoms with Crippen molar-refractivity contribution < 1.29 is 27.3 Å². The summed E-state index contributed by atoms with van der Waals surface area (Å²) in [5, 5.41) is 0. The summed E-state index contributed by atoms with van der Waals surface area (Å²) in [5.74, 6) is -0.487. The highest BCUT2D eigenvalue weighted by Gasteiger charge is 2.58. The molecule has 6 nitrogen and oxygen atoms in total. The van der Waals surface area contributed by atoms with Crippen LogP contribution in [0.3, 0.4) is 0 Å². The maximum Gasteiger partial charge on any atom is 0.312 e. The number of hydrogen-bond acceptors (Lipinski definition) is 6. The van der Waals surface area contributed by atoms with Gasteiger partial charge in [0.2, 0.25) is 0 Å². The van der Waals surface area contributed by atoms with E-state index in [0.29, 0.717) is 18.8 Å². The van der Waals surface area contributed by atoms with Gasteiger partial charge in [0.05, 0.1) is 21.3 Å². The van der Waals surface area contributed by atoms with E-state index in [4.69, 9.17) is 4.74 Å². The minimum Gasteiger partial charge on any atom is -0.748 e. The quantitative estimate of drug-likeness (QED) is 0.552. The standard InChI is InChI=1S/C13H18O6S/c14-11-9-3-8-4-10(11)7-13(5-8,6-9)12(15)19-1-2-20(16,17)18/h8-10H,1-7H2,(H,16,17,18)/p-1. The van der Waals surface area contributed by atoms with Gasteiger partial charge in [0.15, 0.2) is 0 Å². The zero-order valence-electron chi connectivity index (χ0n) is 11.0. The molecule has 4 bridgehead atoms. The molecule has 0 amide bonds. The lowest BCUT2D eigenvalue weighted by molar-refractivity contribution is -0.174. The summed E-state index contributed by atoms with van der Waals surface area (Å²) in [7, 11) is -4.37. The first-order chi connectivity index (χ1) is 9.29. The summed E-state index contributed by atoms with van der Waals surface area (Å²) in [6.07, 6.45) is 3.54. The van der Waals surface area contributed by atoms with Gasteiger partial charge in [-0.25, -0.2) is 8.42 Å². The number of rotatable bonds is 4. The first-order valence-corrected chi connectivity index (χ1v) is 8.51. The van der Waals surface area contributed by atoms with Gasteiger partial charge in [0.1, 0.15) is 12.4 Å². The highest BCUT2D eigenvalue weighted by molar-refractivity contribution is 7.85. The van der Waals surface area contributed by atoms with Crippen LogP contribution in [-0.4, -0.2) is 37.1 Å². The molecule has 2 atom stereocenters. The Morgan fingerprint density at radius 2 is 1.85 bits per heavy atom. The molecule has 0 N–H and O–H groups in total. The Morgan fingerprint density at radius 1 is 1.25 bits per heavy atom. The zero-order valence-corrected chi connectivity index (χ0v) is 11.9. The van der Waals surface area contributed by atoms with E-state index in [1.165, 1.54) is 0 Å². The molecule has 20 heavy (non-hydrogen) atoms. The van der Waals surface area contributed by atoms with E-state index >= 15 is 0 Å². The molecule has 2 unspecified atom stereocenters. The van der Waals surface area contributed by atoms with E-state index in [0.717, 1.165) is 19.3 Å². The van der Waals surface area contributed by atoms with Gasteiger partial charge in [-0.1, -0.05) is 0 Å². The fourth-order valence-corrected chi connectivity index (χ4v) is 4.67. The normalized spacial score (nSPS) is 39.0. The number of ether oxygens (including phenoxy) is 1. The lowest BCUT2D eigenvalue weighted by Crippen LogP contribution is -2.55. The van der Waals surface area contributed by atoms with Crippen molar-refractivity contribution >= 4 is 21.9 Å². The number of esters is 1. The number of hydrogen-bond donors (Lipinski definition) is 0. The third-order valence-corrected chi connectivity index (χ3v) is 5.66. The van der Waals surface area contributed by atoms with Crippen LogP contribution in [0.4, 0.5) is 0 Å². The van der Waals surface area contributed by atoms with E-state index in [1.54, 1.807) is 0 Å². The highest BCUT2D eigenvalue weighted by atomic mass is 32.2. The Hall–Kier alpha value is -0.950. The van der Waals surface area contributed by atoms with E-state index in [9.17, 15) is 22.6 Å². The highest BCUT2D eigenvalue weighted by Crippen LogP contribution is 2.58. The maximum absolute atomic E-state index is 12.3. The average molecular weight is 301 g/mol. The van der Waals surface area contributed by atoms with Crippen LogP contribution < -0.4 is 0 Å². The van der Waals surface area contributed by atoms with Crippen molar-refractivity contribution in [3.63, 3.8) is 0 Å². The van der Waals surface area contributed by atoms with Crippen LogP contribution in [-0.2, 0) is 24.4 Å². The van der Waals surface area contributed by atoms with E-state index in [2.05, 4.69) is 0 Å². The molecule has 0 spiro atoms. The van der Waals surface area contributed by atoms with E-state index < -0.39 is 27.3 Å². The largest absolute Gasteiger partial charge is 0.748 e. The Bertz CT molecular complexity index is 533.